The molecule has 3 rings (SSSR count). The maximum absolute atomic E-state index is 12.4. The normalized spacial score (nSPS) is 11.9. The summed E-state index contributed by atoms with van der Waals surface area (Å²) in [5.74, 6) is -1.16. The average molecular weight is 382 g/mol. The van der Waals surface area contributed by atoms with Crippen molar-refractivity contribution in [1.82, 2.24) is 5.32 Å². The van der Waals surface area contributed by atoms with Crippen molar-refractivity contribution in [2.24, 2.45) is 0 Å². The summed E-state index contributed by atoms with van der Waals surface area (Å²) in [7, 11) is 0. The summed E-state index contributed by atoms with van der Waals surface area (Å²) in [6, 6.07) is 20.5. The molecule has 4 nitrogen and oxygen atoms in total. The number of carbonyl (C=O) groups is 2. The van der Waals surface area contributed by atoms with E-state index in [-0.39, 0.29) is 18.7 Å². The van der Waals surface area contributed by atoms with Gasteiger partial charge in [-0.2, -0.15) is 0 Å². The van der Waals surface area contributed by atoms with Gasteiger partial charge in [0, 0.05) is 11.1 Å². The Labute approximate surface area is 162 Å². The third-order valence-corrected chi connectivity index (χ3v) is 4.62. The van der Waals surface area contributed by atoms with Crippen LogP contribution in [-0.2, 0) is 22.4 Å². The molecule has 0 aliphatic carbocycles. The molecule has 27 heavy (non-hydrogen) atoms. The Bertz CT molecular complexity index is 965. The van der Waals surface area contributed by atoms with E-state index >= 15 is 0 Å². The number of amides is 1. The molecule has 138 valence electrons. The first-order chi connectivity index (χ1) is 13.0. The molecule has 0 radical (unpaired) electrons. The zero-order valence-corrected chi connectivity index (χ0v) is 15.4. The van der Waals surface area contributed by atoms with Crippen LogP contribution in [0.15, 0.2) is 66.7 Å². The SMILES string of the molecule is O=C(O)CC(Cc1cccc2ccccc12)NC(=O)Cc1cccc(Cl)c1. The Balaban J connectivity index is 1.75. The Morgan fingerprint density at radius 1 is 1.00 bits per heavy atom. The zero-order valence-electron chi connectivity index (χ0n) is 14.7. The van der Waals surface area contributed by atoms with Gasteiger partial charge in [0.1, 0.15) is 0 Å². The van der Waals surface area contributed by atoms with Gasteiger partial charge < -0.3 is 10.4 Å². The van der Waals surface area contributed by atoms with Gasteiger partial charge in [-0.3, -0.25) is 9.59 Å². The number of nitrogens with one attached hydrogen (secondary N) is 1. The Morgan fingerprint density at radius 2 is 1.74 bits per heavy atom. The predicted octanol–water partition coefficient (Wildman–Crippen LogP) is 4.24. The van der Waals surface area contributed by atoms with E-state index in [1.165, 1.54) is 0 Å². The fourth-order valence-corrected chi connectivity index (χ4v) is 3.44. The number of rotatable bonds is 7. The van der Waals surface area contributed by atoms with Crippen LogP contribution in [0.25, 0.3) is 10.8 Å². The second kappa shape index (κ2) is 8.69. The van der Waals surface area contributed by atoms with E-state index < -0.39 is 12.0 Å². The van der Waals surface area contributed by atoms with Crippen molar-refractivity contribution in [3.8, 4) is 0 Å². The molecule has 0 bridgehead atoms. The second-order valence-electron chi connectivity index (χ2n) is 6.51. The molecule has 5 heteroatoms. The van der Waals surface area contributed by atoms with E-state index in [2.05, 4.69) is 5.32 Å². The Hall–Kier alpha value is -2.85. The van der Waals surface area contributed by atoms with Crippen molar-refractivity contribution in [3.05, 3.63) is 82.9 Å². The molecule has 0 spiro atoms. The van der Waals surface area contributed by atoms with Gasteiger partial charge in [0.15, 0.2) is 0 Å². The fourth-order valence-electron chi connectivity index (χ4n) is 3.23. The van der Waals surface area contributed by atoms with Crippen LogP contribution in [0.2, 0.25) is 5.02 Å². The topological polar surface area (TPSA) is 66.4 Å². The monoisotopic (exact) mass is 381 g/mol. The quantitative estimate of drug-likeness (QED) is 0.643. The molecule has 0 aromatic heterocycles. The summed E-state index contributed by atoms with van der Waals surface area (Å²) in [6.45, 7) is 0. The number of fused-ring (bicyclic) bond motifs is 1. The summed E-state index contributed by atoms with van der Waals surface area (Å²) in [5.41, 5.74) is 1.81. The van der Waals surface area contributed by atoms with Gasteiger partial charge in [0.05, 0.1) is 12.8 Å². The molecule has 3 aromatic carbocycles. The van der Waals surface area contributed by atoms with Crippen LogP contribution in [0.1, 0.15) is 17.5 Å². The highest BCUT2D eigenvalue weighted by Crippen LogP contribution is 2.20. The third-order valence-electron chi connectivity index (χ3n) is 4.39. The lowest BCUT2D eigenvalue weighted by atomic mass is 9.97. The first-order valence-electron chi connectivity index (χ1n) is 8.73. The van der Waals surface area contributed by atoms with Crippen molar-refractivity contribution in [2.75, 3.05) is 0 Å². The minimum Gasteiger partial charge on any atom is -0.481 e. The summed E-state index contributed by atoms with van der Waals surface area (Å²) in [6.07, 6.45) is 0.478. The highest BCUT2D eigenvalue weighted by atomic mass is 35.5. The van der Waals surface area contributed by atoms with Crippen LogP contribution < -0.4 is 5.32 Å². The molecule has 1 atom stereocenters. The van der Waals surface area contributed by atoms with E-state index in [4.69, 9.17) is 11.6 Å². The molecular weight excluding hydrogens is 362 g/mol. The molecular formula is C22H20ClNO3. The summed E-state index contributed by atoms with van der Waals surface area (Å²) in [5, 5.41) is 14.8. The molecule has 0 saturated heterocycles. The van der Waals surface area contributed by atoms with Gasteiger partial charge in [0.25, 0.3) is 0 Å². The first kappa shape index (κ1) is 18.9. The highest BCUT2D eigenvalue weighted by molar-refractivity contribution is 6.30. The maximum Gasteiger partial charge on any atom is 0.305 e. The maximum atomic E-state index is 12.4. The van der Waals surface area contributed by atoms with E-state index in [1.54, 1.807) is 18.2 Å². The van der Waals surface area contributed by atoms with Crippen molar-refractivity contribution in [3.63, 3.8) is 0 Å². The van der Waals surface area contributed by atoms with Gasteiger partial charge in [-0.25, -0.2) is 0 Å². The van der Waals surface area contributed by atoms with Crippen LogP contribution in [0.5, 0.6) is 0 Å². The van der Waals surface area contributed by atoms with Gasteiger partial charge in [0.2, 0.25) is 5.91 Å². The van der Waals surface area contributed by atoms with Crippen molar-refractivity contribution >= 4 is 34.2 Å². The number of carboxylic acid groups (broad SMARTS) is 1. The largest absolute Gasteiger partial charge is 0.481 e. The number of halogens is 1. The third kappa shape index (κ3) is 5.31. The molecule has 1 amide bonds. The lowest BCUT2D eigenvalue weighted by Crippen LogP contribution is -2.39. The van der Waals surface area contributed by atoms with Gasteiger partial charge >= 0.3 is 5.97 Å². The molecule has 0 aliphatic rings. The minimum atomic E-state index is -0.941. The molecule has 1 unspecified atom stereocenters. The number of carbonyl (C=O) groups excluding carboxylic acids is 1. The first-order valence-corrected chi connectivity index (χ1v) is 9.11. The number of carboxylic acids is 1. The molecule has 0 fully saturated rings. The van der Waals surface area contributed by atoms with Crippen LogP contribution in [0, 0.1) is 0 Å². The van der Waals surface area contributed by atoms with Crippen LogP contribution in [0.3, 0.4) is 0 Å². The van der Waals surface area contributed by atoms with E-state index in [1.807, 2.05) is 48.5 Å². The summed E-state index contributed by atoms with van der Waals surface area (Å²) >= 11 is 5.96. The smallest absolute Gasteiger partial charge is 0.305 e. The molecule has 2 N–H and O–H groups in total. The predicted molar refractivity (Wildman–Crippen MR) is 107 cm³/mol. The van der Waals surface area contributed by atoms with E-state index in [0.717, 1.165) is 21.9 Å². The van der Waals surface area contributed by atoms with Crippen LogP contribution >= 0.6 is 11.6 Å². The number of aliphatic carboxylic acids is 1. The molecule has 0 saturated carbocycles. The standard InChI is InChI=1S/C22H20ClNO3/c23-18-9-3-5-15(11-18)12-21(25)24-19(14-22(26)27)13-17-8-4-7-16-6-1-2-10-20(16)17/h1-11,19H,12-14H2,(H,24,25)(H,26,27). The van der Waals surface area contributed by atoms with Gasteiger partial charge in [-0.05, 0) is 40.5 Å². The van der Waals surface area contributed by atoms with E-state index in [9.17, 15) is 14.7 Å². The minimum absolute atomic E-state index is 0.134. The highest BCUT2D eigenvalue weighted by Gasteiger charge is 2.18. The average Bonchev–Trinajstić information content (AvgIpc) is 2.61. The van der Waals surface area contributed by atoms with Crippen LogP contribution in [-0.4, -0.2) is 23.0 Å². The van der Waals surface area contributed by atoms with Crippen molar-refractivity contribution < 1.29 is 14.7 Å². The van der Waals surface area contributed by atoms with E-state index in [0.29, 0.717) is 11.4 Å². The second-order valence-corrected chi connectivity index (χ2v) is 6.95. The Morgan fingerprint density at radius 3 is 2.52 bits per heavy atom. The fraction of sp³-hybridized carbons (Fsp3) is 0.182. The molecule has 3 aromatic rings. The van der Waals surface area contributed by atoms with Crippen molar-refractivity contribution in [1.29, 1.82) is 0 Å². The number of hydrogen-bond donors (Lipinski definition) is 2. The molecule has 0 aliphatic heterocycles. The lowest BCUT2D eigenvalue weighted by molar-refractivity contribution is -0.137. The molecule has 0 heterocycles. The number of benzene rings is 3. The zero-order chi connectivity index (χ0) is 19.2. The van der Waals surface area contributed by atoms with Crippen molar-refractivity contribution in [2.45, 2.75) is 25.3 Å². The summed E-state index contributed by atoms with van der Waals surface area (Å²) < 4.78 is 0. The van der Waals surface area contributed by atoms with Gasteiger partial charge in [-0.15, -0.1) is 0 Å². The van der Waals surface area contributed by atoms with Gasteiger partial charge in [-0.1, -0.05) is 66.2 Å². The lowest BCUT2D eigenvalue weighted by Gasteiger charge is -2.18. The summed E-state index contributed by atoms with van der Waals surface area (Å²) in [4.78, 5) is 23.7. The van der Waals surface area contributed by atoms with Crippen LogP contribution in [0.4, 0.5) is 0 Å². The number of hydrogen-bond acceptors (Lipinski definition) is 2. The Kier molecular flexibility index (Phi) is 6.09.